The number of hydrogen-bond acceptors (Lipinski definition) is 4. The van der Waals surface area contributed by atoms with Crippen molar-refractivity contribution in [3.8, 4) is 11.1 Å². The van der Waals surface area contributed by atoms with E-state index in [1.165, 1.54) is 22.3 Å². The standard InChI is InChI=1S/C43H44N2O2Si/c1-6-46-48(5,47-7-2)43-31-29-42(30-32-43)44(37-11-9-8-10-12-37)40-25-17-35(18-26-40)36-19-27-41(28-20-36)45(38-21-13-33(3)14-22-38)39-23-15-34(4)16-24-39/h8-32H,6-7H2,1-5H3. The fourth-order valence-corrected chi connectivity index (χ4v) is 8.43. The highest BCUT2D eigenvalue weighted by molar-refractivity contribution is 6.80. The number of rotatable bonds is 12. The second-order valence-corrected chi connectivity index (χ2v) is 15.2. The monoisotopic (exact) mass is 648 g/mol. The summed E-state index contributed by atoms with van der Waals surface area (Å²) in [4.78, 5) is 4.60. The number of anilines is 6. The molecule has 0 heterocycles. The molecule has 6 aromatic rings. The van der Waals surface area contributed by atoms with Gasteiger partial charge in [0.15, 0.2) is 0 Å². The minimum Gasteiger partial charge on any atom is -0.391 e. The minimum absolute atomic E-state index is 0.632. The van der Waals surface area contributed by atoms with Gasteiger partial charge in [-0.3, -0.25) is 0 Å². The zero-order valence-electron chi connectivity index (χ0n) is 28.6. The third-order valence-corrected chi connectivity index (χ3v) is 11.7. The van der Waals surface area contributed by atoms with Crippen LogP contribution in [0.5, 0.6) is 0 Å². The van der Waals surface area contributed by atoms with E-state index in [2.05, 4.69) is 182 Å². The van der Waals surface area contributed by atoms with Gasteiger partial charge in [-0.2, -0.15) is 0 Å². The van der Waals surface area contributed by atoms with Gasteiger partial charge in [-0.1, -0.05) is 90.0 Å². The Morgan fingerprint density at radius 2 is 0.729 bits per heavy atom. The first-order chi connectivity index (χ1) is 23.4. The summed E-state index contributed by atoms with van der Waals surface area (Å²) in [6.45, 7) is 11.7. The Hall–Kier alpha value is -4.94. The summed E-state index contributed by atoms with van der Waals surface area (Å²) in [5.74, 6) is 0. The molecule has 0 saturated carbocycles. The van der Waals surface area contributed by atoms with E-state index in [1.807, 2.05) is 13.8 Å². The Morgan fingerprint density at radius 1 is 0.417 bits per heavy atom. The lowest BCUT2D eigenvalue weighted by Gasteiger charge is -2.28. The van der Waals surface area contributed by atoms with Gasteiger partial charge >= 0.3 is 8.56 Å². The Morgan fingerprint density at radius 3 is 1.08 bits per heavy atom. The SMILES string of the molecule is CCO[Si](C)(OCC)c1ccc(N(c2ccccc2)c2ccc(-c3ccc(N(c4ccc(C)cc4)c4ccc(C)cc4)cc3)cc2)cc1. The molecule has 5 heteroatoms. The van der Waals surface area contributed by atoms with Crippen molar-refractivity contribution in [1.82, 2.24) is 0 Å². The number of benzene rings is 6. The molecular weight excluding hydrogens is 605 g/mol. The topological polar surface area (TPSA) is 24.9 Å². The maximum absolute atomic E-state index is 6.15. The predicted octanol–water partition coefficient (Wildman–Crippen LogP) is 11.3. The molecule has 0 aromatic heterocycles. The summed E-state index contributed by atoms with van der Waals surface area (Å²) < 4.78 is 12.3. The van der Waals surface area contributed by atoms with Crippen LogP contribution in [-0.4, -0.2) is 21.8 Å². The van der Waals surface area contributed by atoms with Crippen molar-refractivity contribution in [3.05, 3.63) is 163 Å². The van der Waals surface area contributed by atoms with E-state index in [0.717, 1.165) is 39.3 Å². The lowest BCUT2D eigenvalue weighted by Crippen LogP contribution is -2.51. The normalized spacial score (nSPS) is 11.4. The molecular formula is C43H44N2O2Si. The average molecular weight is 649 g/mol. The summed E-state index contributed by atoms with van der Waals surface area (Å²) in [6, 6.07) is 54.3. The first-order valence-electron chi connectivity index (χ1n) is 16.8. The van der Waals surface area contributed by atoms with Gasteiger partial charge in [0.05, 0.1) is 0 Å². The van der Waals surface area contributed by atoms with E-state index in [1.54, 1.807) is 0 Å². The molecule has 0 aliphatic rings. The molecule has 6 rings (SSSR count). The van der Waals surface area contributed by atoms with Crippen LogP contribution >= 0.6 is 0 Å². The molecule has 0 N–H and O–H groups in total. The summed E-state index contributed by atoms with van der Waals surface area (Å²) in [5, 5.41) is 1.13. The highest BCUT2D eigenvalue weighted by atomic mass is 28.4. The van der Waals surface area contributed by atoms with Gasteiger partial charge in [0, 0.05) is 47.3 Å². The quantitative estimate of drug-likeness (QED) is 0.123. The molecule has 0 aliphatic heterocycles. The van der Waals surface area contributed by atoms with Crippen LogP contribution in [0, 0.1) is 13.8 Å². The van der Waals surface area contributed by atoms with Crippen molar-refractivity contribution in [2.75, 3.05) is 23.0 Å². The molecule has 48 heavy (non-hydrogen) atoms. The predicted molar refractivity (Wildman–Crippen MR) is 205 cm³/mol. The fourth-order valence-electron chi connectivity index (χ4n) is 6.14. The second kappa shape index (κ2) is 14.9. The summed E-state index contributed by atoms with van der Waals surface area (Å²) in [7, 11) is -2.46. The maximum Gasteiger partial charge on any atom is 0.369 e. The van der Waals surface area contributed by atoms with E-state index < -0.39 is 8.56 Å². The molecule has 0 atom stereocenters. The largest absolute Gasteiger partial charge is 0.391 e. The van der Waals surface area contributed by atoms with Crippen LogP contribution < -0.4 is 15.0 Å². The van der Waals surface area contributed by atoms with Crippen molar-refractivity contribution >= 4 is 47.9 Å². The molecule has 4 nitrogen and oxygen atoms in total. The first kappa shape index (κ1) is 33.0. The molecule has 0 amide bonds. The van der Waals surface area contributed by atoms with Crippen LogP contribution in [0.15, 0.2) is 152 Å². The number of para-hydroxylation sites is 1. The van der Waals surface area contributed by atoms with Crippen LogP contribution in [0.1, 0.15) is 25.0 Å². The molecule has 0 aliphatic carbocycles. The van der Waals surface area contributed by atoms with E-state index in [0.29, 0.717) is 13.2 Å². The molecule has 0 fully saturated rings. The van der Waals surface area contributed by atoms with Gasteiger partial charge < -0.3 is 18.7 Å². The van der Waals surface area contributed by atoms with E-state index in [4.69, 9.17) is 8.85 Å². The van der Waals surface area contributed by atoms with Crippen molar-refractivity contribution in [3.63, 3.8) is 0 Å². The first-order valence-corrected chi connectivity index (χ1v) is 19.1. The minimum atomic E-state index is -2.46. The molecule has 0 bridgehead atoms. The molecule has 0 unspecified atom stereocenters. The van der Waals surface area contributed by atoms with Gasteiger partial charge in [0.2, 0.25) is 0 Å². The molecule has 0 spiro atoms. The zero-order chi connectivity index (χ0) is 33.5. The molecule has 6 aromatic carbocycles. The van der Waals surface area contributed by atoms with Crippen LogP contribution in [0.2, 0.25) is 6.55 Å². The third-order valence-electron chi connectivity index (χ3n) is 8.67. The molecule has 242 valence electrons. The van der Waals surface area contributed by atoms with Crippen molar-refractivity contribution in [2.45, 2.75) is 34.2 Å². The number of aryl methyl sites for hydroxylation is 2. The summed E-state index contributed by atoms with van der Waals surface area (Å²) in [5.41, 5.74) is 11.5. The van der Waals surface area contributed by atoms with Gasteiger partial charge in [0.25, 0.3) is 0 Å². The van der Waals surface area contributed by atoms with Crippen molar-refractivity contribution < 1.29 is 8.85 Å². The number of hydrogen-bond donors (Lipinski definition) is 0. The average Bonchev–Trinajstić information content (AvgIpc) is 3.12. The Labute approximate surface area is 287 Å². The van der Waals surface area contributed by atoms with E-state index in [-0.39, 0.29) is 0 Å². The molecule has 0 radical (unpaired) electrons. The van der Waals surface area contributed by atoms with Gasteiger partial charge in [-0.05, 0) is 123 Å². The van der Waals surface area contributed by atoms with Crippen molar-refractivity contribution in [2.24, 2.45) is 0 Å². The maximum atomic E-state index is 6.15. The second-order valence-electron chi connectivity index (χ2n) is 12.1. The lowest BCUT2D eigenvalue weighted by molar-refractivity contribution is 0.202. The Balaban J connectivity index is 1.29. The van der Waals surface area contributed by atoms with Gasteiger partial charge in [0.1, 0.15) is 0 Å². The van der Waals surface area contributed by atoms with Gasteiger partial charge in [-0.25, -0.2) is 0 Å². The summed E-state index contributed by atoms with van der Waals surface area (Å²) >= 11 is 0. The Kier molecular flexibility index (Phi) is 10.2. The van der Waals surface area contributed by atoms with Crippen LogP contribution in [0.25, 0.3) is 11.1 Å². The van der Waals surface area contributed by atoms with E-state index in [9.17, 15) is 0 Å². The zero-order valence-corrected chi connectivity index (χ0v) is 29.6. The summed E-state index contributed by atoms with van der Waals surface area (Å²) in [6.07, 6.45) is 0. The highest BCUT2D eigenvalue weighted by Crippen LogP contribution is 2.38. The number of nitrogens with zero attached hydrogens (tertiary/aromatic N) is 2. The smallest absolute Gasteiger partial charge is 0.369 e. The Bertz CT molecular complexity index is 1840. The van der Waals surface area contributed by atoms with Gasteiger partial charge in [-0.15, -0.1) is 0 Å². The van der Waals surface area contributed by atoms with Crippen LogP contribution in [0.3, 0.4) is 0 Å². The van der Waals surface area contributed by atoms with E-state index >= 15 is 0 Å². The third kappa shape index (κ3) is 7.29. The highest BCUT2D eigenvalue weighted by Gasteiger charge is 2.33. The fraction of sp³-hybridized carbons (Fsp3) is 0.163. The van der Waals surface area contributed by atoms with Crippen molar-refractivity contribution in [1.29, 1.82) is 0 Å². The van der Waals surface area contributed by atoms with Crippen LogP contribution in [-0.2, 0) is 8.85 Å². The molecule has 0 saturated heterocycles. The lowest BCUT2D eigenvalue weighted by atomic mass is 10.0. The van der Waals surface area contributed by atoms with Crippen LogP contribution in [0.4, 0.5) is 34.1 Å².